The monoisotopic (exact) mass is 274 g/mol. The first-order valence-electron chi connectivity index (χ1n) is 6.09. The predicted octanol–water partition coefficient (Wildman–Crippen LogP) is 2.91. The molecule has 0 saturated carbocycles. The second kappa shape index (κ2) is 4.89. The van der Waals surface area contributed by atoms with Crippen molar-refractivity contribution in [2.75, 3.05) is 5.75 Å². The van der Waals surface area contributed by atoms with Crippen molar-refractivity contribution in [3.8, 4) is 0 Å². The number of benzene rings is 2. The molecule has 4 heteroatoms. The normalized spacial score (nSPS) is 14.9. The molecule has 3 aromatic rings. The number of fused-ring (bicyclic) bond motifs is 3. The molecule has 0 bridgehead atoms. The van der Waals surface area contributed by atoms with Crippen LogP contribution < -0.4 is 0 Å². The Bertz CT molecular complexity index is 720. The SMILES string of the molecule is OC(CS)C(O)c1ccc2oc3ccccc3c2c1. The van der Waals surface area contributed by atoms with Gasteiger partial charge in [-0.15, -0.1) is 0 Å². The number of para-hydroxylation sites is 1. The van der Waals surface area contributed by atoms with Gasteiger partial charge in [-0.1, -0.05) is 24.3 Å². The highest BCUT2D eigenvalue weighted by Crippen LogP contribution is 2.31. The predicted molar refractivity (Wildman–Crippen MR) is 78.5 cm³/mol. The highest BCUT2D eigenvalue weighted by molar-refractivity contribution is 7.80. The highest BCUT2D eigenvalue weighted by Gasteiger charge is 2.18. The van der Waals surface area contributed by atoms with Crippen LogP contribution in [0.25, 0.3) is 21.9 Å². The number of hydrogen-bond donors (Lipinski definition) is 3. The minimum Gasteiger partial charge on any atom is -0.456 e. The van der Waals surface area contributed by atoms with Crippen molar-refractivity contribution in [1.82, 2.24) is 0 Å². The molecule has 0 fully saturated rings. The van der Waals surface area contributed by atoms with E-state index in [1.54, 1.807) is 6.07 Å². The van der Waals surface area contributed by atoms with E-state index in [-0.39, 0.29) is 5.75 Å². The molecule has 1 aromatic heterocycles. The third kappa shape index (κ3) is 2.12. The van der Waals surface area contributed by atoms with Crippen LogP contribution >= 0.6 is 12.6 Å². The number of aliphatic hydroxyl groups excluding tert-OH is 2. The third-order valence-corrected chi connectivity index (χ3v) is 3.67. The van der Waals surface area contributed by atoms with Gasteiger partial charge in [-0.05, 0) is 23.8 Å². The fourth-order valence-electron chi connectivity index (χ4n) is 2.25. The molecular formula is C15H14O3S. The zero-order valence-corrected chi connectivity index (χ0v) is 11.0. The molecule has 2 aromatic carbocycles. The fourth-order valence-corrected chi connectivity index (χ4v) is 2.45. The molecule has 0 aliphatic rings. The molecule has 0 amide bonds. The van der Waals surface area contributed by atoms with Crippen molar-refractivity contribution in [3.05, 3.63) is 48.0 Å². The van der Waals surface area contributed by atoms with Gasteiger partial charge in [0.25, 0.3) is 0 Å². The summed E-state index contributed by atoms with van der Waals surface area (Å²) >= 11 is 4.00. The molecule has 3 nitrogen and oxygen atoms in total. The summed E-state index contributed by atoms with van der Waals surface area (Å²) in [5.41, 5.74) is 2.26. The number of furan rings is 1. The molecule has 19 heavy (non-hydrogen) atoms. The van der Waals surface area contributed by atoms with E-state index in [9.17, 15) is 10.2 Å². The second-order valence-electron chi connectivity index (χ2n) is 4.55. The lowest BCUT2D eigenvalue weighted by Gasteiger charge is -2.15. The smallest absolute Gasteiger partial charge is 0.135 e. The number of hydrogen-bond acceptors (Lipinski definition) is 4. The Balaban J connectivity index is 2.16. The molecular weight excluding hydrogens is 260 g/mol. The molecule has 3 rings (SSSR count). The zero-order valence-electron chi connectivity index (χ0n) is 10.2. The molecule has 2 atom stereocenters. The van der Waals surface area contributed by atoms with E-state index in [0.717, 1.165) is 21.9 Å². The van der Waals surface area contributed by atoms with Gasteiger partial charge in [0.1, 0.15) is 17.3 Å². The van der Waals surface area contributed by atoms with Gasteiger partial charge in [-0.2, -0.15) is 12.6 Å². The molecule has 98 valence electrons. The van der Waals surface area contributed by atoms with Crippen LogP contribution in [0.15, 0.2) is 46.9 Å². The quantitative estimate of drug-likeness (QED) is 0.644. The Morgan fingerprint density at radius 1 is 1.00 bits per heavy atom. The van der Waals surface area contributed by atoms with Gasteiger partial charge < -0.3 is 14.6 Å². The molecule has 2 unspecified atom stereocenters. The summed E-state index contributed by atoms with van der Waals surface area (Å²) in [6.45, 7) is 0. The molecule has 1 heterocycles. The molecule has 0 aliphatic heterocycles. The molecule has 0 spiro atoms. The lowest BCUT2D eigenvalue weighted by atomic mass is 10.0. The highest BCUT2D eigenvalue weighted by atomic mass is 32.1. The fraction of sp³-hybridized carbons (Fsp3) is 0.200. The maximum absolute atomic E-state index is 10.0. The van der Waals surface area contributed by atoms with Crippen molar-refractivity contribution in [1.29, 1.82) is 0 Å². The van der Waals surface area contributed by atoms with Gasteiger partial charge in [0, 0.05) is 16.5 Å². The first kappa shape index (κ1) is 12.5. The number of aliphatic hydroxyl groups is 2. The van der Waals surface area contributed by atoms with Crippen LogP contribution in [-0.4, -0.2) is 22.1 Å². The third-order valence-electron chi connectivity index (χ3n) is 3.29. The van der Waals surface area contributed by atoms with E-state index in [2.05, 4.69) is 12.6 Å². The van der Waals surface area contributed by atoms with Gasteiger partial charge in [-0.25, -0.2) is 0 Å². The Morgan fingerprint density at radius 2 is 1.74 bits per heavy atom. The van der Waals surface area contributed by atoms with E-state index >= 15 is 0 Å². The Kier molecular flexibility index (Phi) is 3.22. The summed E-state index contributed by atoms with van der Waals surface area (Å²) in [5, 5.41) is 21.6. The van der Waals surface area contributed by atoms with Gasteiger partial charge in [0.15, 0.2) is 0 Å². The lowest BCUT2D eigenvalue weighted by molar-refractivity contribution is 0.0338. The average Bonchev–Trinajstić information content (AvgIpc) is 2.83. The Hall–Kier alpha value is -1.49. The van der Waals surface area contributed by atoms with Crippen LogP contribution in [-0.2, 0) is 0 Å². The second-order valence-corrected chi connectivity index (χ2v) is 4.91. The largest absolute Gasteiger partial charge is 0.456 e. The average molecular weight is 274 g/mol. The van der Waals surface area contributed by atoms with E-state index in [0.29, 0.717) is 5.56 Å². The van der Waals surface area contributed by atoms with Crippen molar-refractivity contribution in [2.45, 2.75) is 12.2 Å². The van der Waals surface area contributed by atoms with Gasteiger partial charge >= 0.3 is 0 Å². The molecule has 0 aliphatic carbocycles. The first-order valence-corrected chi connectivity index (χ1v) is 6.72. The van der Waals surface area contributed by atoms with E-state index in [1.807, 2.05) is 36.4 Å². The van der Waals surface area contributed by atoms with Crippen molar-refractivity contribution in [3.63, 3.8) is 0 Å². The minimum atomic E-state index is -0.935. The summed E-state index contributed by atoms with van der Waals surface area (Å²) < 4.78 is 5.71. The van der Waals surface area contributed by atoms with Crippen LogP contribution in [0, 0.1) is 0 Å². The first-order chi connectivity index (χ1) is 9.20. The van der Waals surface area contributed by atoms with Crippen LogP contribution in [0.2, 0.25) is 0 Å². The van der Waals surface area contributed by atoms with Gasteiger partial charge in [0.05, 0.1) is 6.10 Å². The maximum atomic E-state index is 10.0. The van der Waals surface area contributed by atoms with Gasteiger partial charge in [0.2, 0.25) is 0 Å². The summed E-state index contributed by atoms with van der Waals surface area (Å²) in [5.74, 6) is 0.214. The molecule has 2 N–H and O–H groups in total. The van der Waals surface area contributed by atoms with Crippen LogP contribution in [0.1, 0.15) is 11.7 Å². The number of rotatable bonds is 3. The number of thiol groups is 1. The molecule has 0 radical (unpaired) electrons. The van der Waals surface area contributed by atoms with E-state index in [1.165, 1.54) is 0 Å². The van der Waals surface area contributed by atoms with Gasteiger partial charge in [-0.3, -0.25) is 0 Å². The Morgan fingerprint density at radius 3 is 2.53 bits per heavy atom. The zero-order chi connectivity index (χ0) is 13.4. The topological polar surface area (TPSA) is 53.6 Å². The van der Waals surface area contributed by atoms with E-state index in [4.69, 9.17) is 4.42 Å². The Labute approximate surface area is 115 Å². The minimum absolute atomic E-state index is 0.214. The summed E-state index contributed by atoms with van der Waals surface area (Å²) in [6, 6.07) is 13.2. The van der Waals surface area contributed by atoms with Crippen LogP contribution in [0.5, 0.6) is 0 Å². The maximum Gasteiger partial charge on any atom is 0.135 e. The van der Waals surface area contributed by atoms with Crippen LogP contribution in [0.4, 0.5) is 0 Å². The van der Waals surface area contributed by atoms with Crippen molar-refractivity contribution < 1.29 is 14.6 Å². The van der Waals surface area contributed by atoms with Crippen molar-refractivity contribution in [2.24, 2.45) is 0 Å². The van der Waals surface area contributed by atoms with Crippen molar-refractivity contribution >= 4 is 34.6 Å². The molecule has 0 saturated heterocycles. The van der Waals surface area contributed by atoms with Crippen LogP contribution in [0.3, 0.4) is 0 Å². The van der Waals surface area contributed by atoms with E-state index < -0.39 is 12.2 Å². The summed E-state index contributed by atoms with van der Waals surface area (Å²) in [4.78, 5) is 0. The summed E-state index contributed by atoms with van der Waals surface area (Å²) in [7, 11) is 0. The lowest BCUT2D eigenvalue weighted by Crippen LogP contribution is -2.19. The summed E-state index contributed by atoms with van der Waals surface area (Å²) in [6.07, 6.45) is -1.81. The standard InChI is InChI=1S/C15H14O3S/c16-12(8-19)15(17)9-5-6-14-11(7-9)10-3-1-2-4-13(10)18-14/h1-7,12,15-17,19H,8H2.